The Kier molecular flexibility index (Phi) is 7.42. The second-order valence-corrected chi connectivity index (χ2v) is 8.54. The number of carbonyl (C=O) groups excluding carboxylic acids is 2. The van der Waals surface area contributed by atoms with E-state index < -0.39 is 6.09 Å². The number of aliphatic hydroxyl groups is 1. The second kappa shape index (κ2) is 10.6. The molecule has 34 heavy (non-hydrogen) atoms. The van der Waals surface area contributed by atoms with E-state index in [1.54, 1.807) is 16.6 Å². The SMILES string of the molecule is CCc1cc(C(=O)N2CCCCCC2C)nc2cc(-c3ccc(NC(=O)OCCO)cc3)nn12. The van der Waals surface area contributed by atoms with Gasteiger partial charge in [0.25, 0.3) is 5.91 Å². The number of rotatable bonds is 6. The summed E-state index contributed by atoms with van der Waals surface area (Å²) in [5, 5.41) is 16.1. The van der Waals surface area contributed by atoms with E-state index in [9.17, 15) is 9.59 Å². The topological polar surface area (TPSA) is 109 Å². The van der Waals surface area contributed by atoms with E-state index in [0.717, 1.165) is 55.6 Å². The van der Waals surface area contributed by atoms with Gasteiger partial charge in [0.2, 0.25) is 0 Å². The molecule has 9 nitrogen and oxygen atoms in total. The van der Waals surface area contributed by atoms with Gasteiger partial charge in [-0.15, -0.1) is 0 Å². The van der Waals surface area contributed by atoms with Gasteiger partial charge in [-0.2, -0.15) is 5.10 Å². The Morgan fingerprint density at radius 3 is 2.71 bits per heavy atom. The zero-order valence-corrected chi connectivity index (χ0v) is 19.7. The second-order valence-electron chi connectivity index (χ2n) is 8.54. The Balaban J connectivity index is 1.58. The van der Waals surface area contributed by atoms with Crippen molar-refractivity contribution in [2.45, 2.75) is 52.0 Å². The molecule has 180 valence electrons. The smallest absolute Gasteiger partial charge is 0.411 e. The summed E-state index contributed by atoms with van der Waals surface area (Å²) in [6.45, 7) is 4.64. The number of carbonyl (C=O) groups is 2. The summed E-state index contributed by atoms with van der Waals surface area (Å²) in [4.78, 5) is 31.6. The number of likely N-dealkylation sites (tertiary alicyclic amines) is 1. The van der Waals surface area contributed by atoms with E-state index in [2.05, 4.69) is 17.2 Å². The van der Waals surface area contributed by atoms with Gasteiger partial charge in [-0.1, -0.05) is 31.9 Å². The van der Waals surface area contributed by atoms with Gasteiger partial charge in [0.15, 0.2) is 5.65 Å². The monoisotopic (exact) mass is 465 g/mol. The summed E-state index contributed by atoms with van der Waals surface area (Å²) in [7, 11) is 0. The maximum absolute atomic E-state index is 13.3. The number of benzene rings is 1. The molecule has 3 heterocycles. The first-order valence-electron chi connectivity index (χ1n) is 11.9. The zero-order chi connectivity index (χ0) is 24.1. The predicted molar refractivity (Wildman–Crippen MR) is 129 cm³/mol. The highest BCUT2D eigenvalue weighted by Gasteiger charge is 2.25. The number of aromatic nitrogens is 3. The predicted octanol–water partition coefficient (Wildman–Crippen LogP) is 3.90. The molecule has 1 unspecified atom stereocenters. The quantitative estimate of drug-likeness (QED) is 0.571. The Labute approximate surface area is 198 Å². The van der Waals surface area contributed by atoms with Gasteiger partial charge in [-0.3, -0.25) is 10.1 Å². The molecule has 2 amide bonds. The number of aryl methyl sites for hydroxylation is 1. The zero-order valence-electron chi connectivity index (χ0n) is 19.7. The molecule has 0 saturated carbocycles. The van der Waals surface area contributed by atoms with E-state index >= 15 is 0 Å². The Bertz CT molecular complexity index is 1160. The van der Waals surface area contributed by atoms with Crippen molar-refractivity contribution < 1.29 is 19.4 Å². The number of anilines is 1. The molecule has 0 radical (unpaired) electrons. The van der Waals surface area contributed by atoms with Crippen LogP contribution in [0.25, 0.3) is 16.9 Å². The third-order valence-electron chi connectivity index (χ3n) is 6.15. The molecular formula is C25H31N5O4. The van der Waals surface area contributed by atoms with E-state index in [4.69, 9.17) is 14.9 Å². The molecule has 2 aromatic heterocycles. The third-order valence-corrected chi connectivity index (χ3v) is 6.15. The fourth-order valence-corrected chi connectivity index (χ4v) is 4.28. The first-order valence-corrected chi connectivity index (χ1v) is 11.9. The maximum Gasteiger partial charge on any atom is 0.411 e. The van der Waals surface area contributed by atoms with Gasteiger partial charge < -0.3 is 14.7 Å². The van der Waals surface area contributed by atoms with Crippen LogP contribution in [0.5, 0.6) is 0 Å². The van der Waals surface area contributed by atoms with Crippen LogP contribution in [-0.2, 0) is 11.2 Å². The number of fused-ring (bicyclic) bond motifs is 1. The lowest BCUT2D eigenvalue weighted by atomic mass is 10.1. The van der Waals surface area contributed by atoms with Crippen molar-refractivity contribution in [1.29, 1.82) is 0 Å². The van der Waals surface area contributed by atoms with Crippen LogP contribution in [0.15, 0.2) is 36.4 Å². The third kappa shape index (κ3) is 5.20. The van der Waals surface area contributed by atoms with Gasteiger partial charge in [0.05, 0.1) is 12.3 Å². The van der Waals surface area contributed by atoms with Gasteiger partial charge in [0, 0.05) is 35.6 Å². The largest absolute Gasteiger partial charge is 0.447 e. The number of nitrogens with zero attached hydrogens (tertiary/aromatic N) is 4. The molecule has 1 aliphatic rings. The van der Waals surface area contributed by atoms with Crippen LogP contribution in [-0.4, -0.2) is 62.4 Å². The van der Waals surface area contributed by atoms with E-state index in [0.29, 0.717) is 17.0 Å². The minimum Gasteiger partial charge on any atom is -0.447 e. The molecule has 4 rings (SSSR count). The van der Waals surface area contributed by atoms with Crippen LogP contribution >= 0.6 is 0 Å². The van der Waals surface area contributed by atoms with Gasteiger partial charge >= 0.3 is 6.09 Å². The van der Waals surface area contributed by atoms with Crippen LogP contribution in [0.3, 0.4) is 0 Å². The fraction of sp³-hybridized carbons (Fsp3) is 0.440. The van der Waals surface area contributed by atoms with Crippen LogP contribution < -0.4 is 5.32 Å². The lowest BCUT2D eigenvalue weighted by Gasteiger charge is -2.27. The molecule has 1 aromatic carbocycles. The number of hydrogen-bond acceptors (Lipinski definition) is 6. The van der Waals surface area contributed by atoms with Crippen LogP contribution in [0.2, 0.25) is 0 Å². The van der Waals surface area contributed by atoms with Crippen molar-refractivity contribution in [2.75, 3.05) is 25.1 Å². The summed E-state index contributed by atoms with van der Waals surface area (Å²) in [6, 6.07) is 11.1. The summed E-state index contributed by atoms with van der Waals surface area (Å²) in [5.41, 5.74) is 4.18. The molecule has 1 aliphatic heterocycles. The number of ether oxygens (including phenoxy) is 1. The maximum atomic E-state index is 13.3. The normalized spacial score (nSPS) is 16.3. The van der Waals surface area contributed by atoms with E-state index in [1.807, 2.05) is 36.1 Å². The highest BCUT2D eigenvalue weighted by molar-refractivity contribution is 5.93. The van der Waals surface area contributed by atoms with Crippen LogP contribution in [0.1, 0.15) is 55.7 Å². The summed E-state index contributed by atoms with van der Waals surface area (Å²) in [6.07, 6.45) is 4.46. The first-order chi connectivity index (χ1) is 16.5. The van der Waals surface area contributed by atoms with Crippen LogP contribution in [0.4, 0.5) is 10.5 Å². The molecular weight excluding hydrogens is 434 g/mol. The molecule has 2 N–H and O–H groups in total. The highest BCUT2D eigenvalue weighted by atomic mass is 16.6. The van der Waals surface area contributed by atoms with E-state index in [-0.39, 0.29) is 25.2 Å². The van der Waals surface area contributed by atoms with Crippen molar-refractivity contribution >= 4 is 23.3 Å². The van der Waals surface area contributed by atoms with Crippen molar-refractivity contribution in [1.82, 2.24) is 19.5 Å². The molecule has 0 bridgehead atoms. The van der Waals surface area contributed by atoms with E-state index in [1.165, 1.54) is 0 Å². The molecule has 1 fully saturated rings. The molecule has 9 heteroatoms. The molecule has 1 atom stereocenters. The Morgan fingerprint density at radius 1 is 1.18 bits per heavy atom. The van der Waals surface area contributed by atoms with Gasteiger partial charge in [-0.25, -0.2) is 14.3 Å². The van der Waals surface area contributed by atoms with Crippen LogP contribution in [0, 0.1) is 0 Å². The molecule has 1 saturated heterocycles. The van der Waals surface area contributed by atoms with Gasteiger partial charge in [0.1, 0.15) is 12.3 Å². The van der Waals surface area contributed by atoms with Crippen molar-refractivity contribution in [3.8, 4) is 11.3 Å². The average molecular weight is 466 g/mol. The Morgan fingerprint density at radius 2 is 1.97 bits per heavy atom. The molecule has 3 aromatic rings. The minimum absolute atomic E-state index is 0.0159. The number of hydrogen-bond donors (Lipinski definition) is 2. The highest BCUT2D eigenvalue weighted by Crippen LogP contribution is 2.24. The summed E-state index contributed by atoms with van der Waals surface area (Å²) in [5.74, 6) is -0.0159. The lowest BCUT2D eigenvalue weighted by Crippen LogP contribution is -2.38. The summed E-state index contributed by atoms with van der Waals surface area (Å²) < 4.78 is 6.60. The van der Waals surface area contributed by atoms with Crippen molar-refractivity contribution in [3.05, 3.63) is 47.8 Å². The molecule has 0 aliphatic carbocycles. The summed E-state index contributed by atoms with van der Waals surface area (Å²) >= 11 is 0. The lowest BCUT2D eigenvalue weighted by molar-refractivity contribution is 0.0691. The average Bonchev–Trinajstić information content (AvgIpc) is 3.16. The number of aliphatic hydroxyl groups excluding tert-OH is 1. The fourth-order valence-electron chi connectivity index (χ4n) is 4.28. The standard InChI is InChI=1S/C25H31N5O4/c1-3-20-15-22(24(32)29-12-6-4-5-7-17(29)2)27-23-16-21(28-30(20)23)18-8-10-19(11-9-18)26-25(33)34-14-13-31/h8-11,15-17,31H,3-7,12-14H2,1-2H3,(H,26,33). The van der Waals surface area contributed by atoms with Crippen molar-refractivity contribution in [2.24, 2.45) is 0 Å². The minimum atomic E-state index is -0.623. The van der Waals surface area contributed by atoms with Crippen molar-refractivity contribution in [3.63, 3.8) is 0 Å². The van der Waals surface area contributed by atoms with Gasteiger partial charge in [-0.05, 0) is 44.4 Å². The number of nitrogens with one attached hydrogen (secondary N) is 1. The number of amides is 2. The molecule has 0 spiro atoms. The first kappa shape index (κ1) is 23.7. The Hall–Kier alpha value is -3.46.